The average Bonchev–Trinajstić information content (AvgIpc) is 4.09. The van der Waals surface area contributed by atoms with Gasteiger partial charge in [0.15, 0.2) is 0 Å². The number of halogens is 1. The third kappa shape index (κ3) is 10.1. The van der Waals surface area contributed by atoms with Gasteiger partial charge in [0, 0.05) is 22.9 Å². The first kappa shape index (κ1) is 50.1. The normalized spacial score (nSPS) is 20.6. The molecule has 0 radical (unpaired) electrons. The Balaban J connectivity index is 0.000000178. The number of carbonyl (C=O) groups is 2. The molecule has 13 heteroatoms. The lowest BCUT2D eigenvalue weighted by atomic mass is 9.69. The molecule has 3 atom stereocenters. The monoisotopic (exact) mass is 1030 g/mol. The van der Waals surface area contributed by atoms with E-state index in [1.807, 2.05) is 37.7 Å². The van der Waals surface area contributed by atoms with Crippen LogP contribution in [-0.4, -0.2) is 74.9 Å². The minimum absolute atomic E-state index is 0.0372. The molecule has 70 heavy (non-hydrogen) atoms. The fraction of sp³-hybridized carbons (Fsp3) is 0.526. The van der Waals surface area contributed by atoms with Gasteiger partial charge in [-0.15, -0.1) is 11.3 Å². The van der Waals surface area contributed by atoms with Crippen LogP contribution in [0.1, 0.15) is 158 Å². The second-order valence-electron chi connectivity index (χ2n) is 22.0. The molecule has 372 valence electrons. The fourth-order valence-electron chi connectivity index (χ4n) is 12.1. The maximum absolute atomic E-state index is 13.8. The van der Waals surface area contributed by atoms with E-state index in [2.05, 4.69) is 117 Å². The molecular weight excluding hydrogens is 957 g/mol. The number of piperidine rings is 1. The minimum atomic E-state index is -0.467. The number of benzene rings is 3. The highest BCUT2D eigenvalue weighted by Crippen LogP contribution is 2.52. The van der Waals surface area contributed by atoms with Gasteiger partial charge in [-0.1, -0.05) is 102 Å². The van der Waals surface area contributed by atoms with Crippen molar-refractivity contribution in [1.82, 2.24) is 35.0 Å². The summed E-state index contributed by atoms with van der Waals surface area (Å²) in [5, 5.41) is 7.22. The third-order valence-electron chi connectivity index (χ3n) is 16.2. The number of aromatic nitrogens is 3. The maximum atomic E-state index is 13.8. The van der Waals surface area contributed by atoms with E-state index in [-0.39, 0.29) is 34.2 Å². The molecule has 2 aromatic heterocycles. The molecule has 4 N–H and O–H groups in total. The highest BCUT2D eigenvalue weighted by atomic mass is 79.9. The lowest BCUT2D eigenvalue weighted by molar-refractivity contribution is -0.142. The zero-order valence-electron chi connectivity index (χ0n) is 42.2. The van der Waals surface area contributed by atoms with E-state index in [1.165, 1.54) is 68.2 Å². The third-order valence-corrected chi connectivity index (χ3v) is 17.8. The Morgan fingerprint density at radius 2 is 1.63 bits per heavy atom. The van der Waals surface area contributed by atoms with Crippen LogP contribution in [0.3, 0.4) is 0 Å². The number of fused-ring (bicyclic) bond motifs is 7. The summed E-state index contributed by atoms with van der Waals surface area (Å²) in [6, 6.07) is 20.4. The number of likely N-dealkylation sites (tertiary alicyclic amines) is 2. The van der Waals surface area contributed by atoms with E-state index in [0.29, 0.717) is 30.2 Å². The van der Waals surface area contributed by atoms with Crippen LogP contribution in [0, 0.1) is 18.3 Å². The Bertz CT molecular complexity index is 2770. The summed E-state index contributed by atoms with van der Waals surface area (Å²) in [7, 11) is 2.22. The Labute approximate surface area is 427 Å². The molecule has 5 heterocycles. The van der Waals surface area contributed by atoms with Gasteiger partial charge in [0.25, 0.3) is 5.56 Å². The quantitative estimate of drug-likeness (QED) is 0.133. The van der Waals surface area contributed by atoms with Crippen molar-refractivity contribution < 1.29 is 9.59 Å². The van der Waals surface area contributed by atoms with Crippen LogP contribution in [-0.2, 0) is 15.0 Å². The molecule has 5 aromatic rings. The number of nitrogens with one attached hydrogen (secondary N) is 2. The Hall–Kier alpha value is -4.85. The van der Waals surface area contributed by atoms with Crippen molar-refractivity contribution in [3.8, 4) is 16.1 Å². The van der Waals surface area contributed by atoms with Crippen LogP contribution in [0.15, 0.2) is 87.3 Å². The maximum Gasteiger partial charge on any atom is 0.281 e. The summed E-state index contributed by atoms with van der Waals surface area (Å²) in [5.41, 5.74) is 16.8. The lowest BCUT2D eigenvalue weighted by Crippen LogP contribution is -2.55. The van der Waals surface area contributed by atoms with Crippen molar-refractivity contribution in [1.29, 1.82) is 0 Å². The van der Waals surface area contributed by atoms with Crippen LogP contribution < -0.4 is 21.9 Å². The van der Waals surface area contributed by atoms with Crippen molar-refractivity contribution >= 4 is 50.0 Å². The summed E-state index contributed by atoms with van der Waals surface area (Å²) >= 11 is 5.24. The number of allylic oxidation sites excluding steroid dienone is 1. The molecule has 2 saturated carbocycles. The van der Waals surface area contributed by atoms with Gasteiger partial charge in [0.2, 0.25) is 11.8 Å². The number of nitrogens with zero attached hydrogens (tertiary/aromatic N) is 5. The van der Waals surface area contributed by atoms with Crippen LogP contribution in [0.2, 0.25) is 0 Å². The molecule has 3 aromatic carbocycles. The first-order chi connectivity index (χ1) is 33.6. The van der Waals surface area contributed by atoms with Crippen LogP contribution in [0.4, 0.5) is 0 Å². The predicted molar refractivity (Wildman–Crippen MR) is 287 cm³/mol. The summed E-state index contributed by atoms with van der Waals surface area (Å²) in [5.74, 6) is 1.83. The fourth-order valence-corrected chi connectivity index (χ4v) is 13.4. The zero-order valence-corrected chi connectivity index (χ0v) is 44.6. The van der Waals surface area contributed by atoms with E-state index in [0.717, 1.165) is 88.4 Å². The van der Waals surface area contributed by atoms with Crippen LogP contribution >= 0.6 is 27.3 Å². The number of aryl methyl sites for hydroxylation is 1. The summed E-state index contributed by atoms with van der Waals surface area (Å²) in [4.78, 5) is 54.8. The van der Waals surface area contributed by atoms with E-state index in [1.54, 1.807) is 16.2 Å². The number of hydrogen-bond donors (Lipinski definition) is 3. The Morgan fingerprint density at radius 3 is 2.31 bits per heavy atom. The molecule has 11 nitrogen and oxygen atoms in total. The molecule has 0 bridgehead atoms. The van der Waals surface area contributed by atoms with Gasteiger partial charge in [0.1, 0.15) is 17.9 Å². The van der Waals surface area contributed by atoms with E-state index in [4.69, 9.17) is 10.7 Å². The highest BCUT2D eigenvalue weighted by molar-refractivity contribution is 9.10. The first-order valence-corrected chi connectivity index (χ1v) is 27.7. The molecule has 4 fully saturated rings. The highest BCUT2D eigenvalue weighted by Gasteiger charge is 2.47. The number of nitrogens with two attached hydrogens (primary N) is 1. The molecule has 3 aliphatic heterocycles. The molecule has 2 saturated heterocycles. The summed E-state index contributed by atoms with van der Waals surface area (Å²) in [6.45, 7) is 13.1. The molecule has 5 aliphatic rings. The van der Waals surface area contributed by atoms with Crippen molar-refractivity contribution in [2.24, 2.45) is 17.1 Å². The van der Waals surface area contributed by atoms with E-state index in [9.17, 15) is 14.4 Å². The standard InChI is InChI=1S/C31H45N5O2S.C26H28BrN3O/c1-20(22-13-15-24(16-14-22)27-21(2)34-19-39-27)35-29(37)26-12-9-17-36(26)30(38)28(31(3,4)5)33-18-25(32)23-10-7-6-8-11-23;1-29-14-10-17(11-15-29)18-8-9-19-22(16-18)30-21-7-5-6-20(27)23(21)24(31)28-25(30)26(19)12-3-2-4-13-26/h13-16,18-20,23,26,28,33H,6-12,17,32H2,1-5H3,(H,35,37);5-9,16-17H,2-4,10-15H2,1H3/b25-18-;. The van der Waals surface area contributed by atoms with Gasteiger partial charge in [-0.25, -0.2) is 4.98 Å². The number of carbonyl (C=O) groups excluding carboxylic acids is 2. The first-order valence-electron chi connectivity index (χ1n) is 26.0. The van der Waals surface area contributed by atoms with Gasteiger partial charge in [-0.2, -0.15) is 4.98 Å². The number of amides is 2. The largest absolute Gasteiger partial charge is 0.401 e. The van der Waals surface area contributed by atoms with E-state index < -0.39 is 12.1 Å². The van der Waals surface area contributed by atoms with Crippen LogP contribution in [0.25, 0.3) is 27.0 Å². The smallest absolute Gasteiger partial charge is 0.281 e. The number of hydrogen-bond acceptors (Lipinski definition) is 9. The molecular formula is C57H73BrN8O3S. The zero-order chi connectivity index (χ0) is 49.3. The van der Waals surface area contributed by atoms with Gasteiger partial charge in [-0.05, 0) is 159 Å². The van der Waals surface area contributed by atoms with Gasteiger partial charge in [-0.3, -0.25) is 19.0 Å². The van der Waals surface area contributed by atoms with Crippen LogP contribution in [0.5, 0.6) is 0 Å². The molecule has 3 unspecified atom stereocenters. The van der Waals surface area contributed by atoms with Crippen molar-refractivity contribution in [3.63, 3.8) is 0 Å². The summed E-state index contributed by atoms with van der Waals surface area (Å²) in [6.07, 6.45) is 17.5. The van der Waals surface area contributed by atoms with Gasteiger partial charge >= 0.3 is 0 Å². The molecule has 10 rings (SSSR count). The van der Waals surface area contributed by atoms with Crippen molar-refractivity contribution in [3.05, 3.63) is 121 Å². The predicted octanol–water partition coefficient (Wildman–Crippen LogP) is 11.2. The molecule has 2 aliphatic carbocycles. The minimum Gasteiger partial charge on any atom is -0.401 e. The summed E-state index contributed by atoms with van der Waals surface area (Å²) < 4.78 is 3.15. The van der Waals surface area contributed by atoms with Gasteiger partial charge < -0.3 is 26.2 Å². The topological polar surface area (TPSA) is 138 Å². The van der Waals surface area contributed by atoms with Gasteiger partial charge in [0.05, 0.1) is 44.1 Å². The van der Waals surface area contributed by atoms with Crippen molar-refractivity contribution in [2.45, 2.75) is 154 Å². The number of thiazole rings is 1. The van der Waals surface area contributed by atoms with Crippen molar-refractivity contribution in [2.75, 3.05) is 26.7 Å². The molecule has 2 amide bonds. The second kappa shape index (κ2) is 21.1. The SMILES string of the molecule is CN1CCC(c2ccc3c(c2)-n2c(nc(=O)c4c(Br)cccc42)C32CCCCC2)CC1.Cc1ncsc1-c1ccc(C(C)NC(=O)C2CCCN2C(=O)C(N/C=C(\N)C2CCCCC2)C(C)(C)C)cc1. The average molecular weight is 1030 g/mol. The Kier molecular flexibility index (Phi) is 15.1. The molecule has 1 spiro atoms. The second-order valence-corrected chi connectivity index (χ2v) is 23.7. The van der Waals surface area contributed by atoms with E-state index >= 15 is 0 Å². The Morgan fingerprint density at radius 1 is 0.914 bits per heavy atom. The lowest BCUT2D eigenvalue weighted by Gasteiger charge is -2.35. The number of rotatable bonds is 9.